The molecule has 4 aromatic rings. The van der Waals surface area contributed by atoms with Gasteiger partial charge in [0.25, 0.3) is 5.91 Å². The third-order valence-corrected chi connectivity index (χ3v) is 7.91. The average Bonchev–Trinajstić information content (AvgIpc) is 3.40. The van der Waals surface area contributed by atoms with Gasteiger partial charge < -0.3 is 9.80 Å². The van der Waals surface area contributed by atoms with Crippen LogP contribution in [0.2, 0.25) is 0 Å². The van der Waals surface area contributed by atoms with E-state index in [0.29, 0.717) is 18.0 Å². The first-order chi connectivity index (χ1) is 16.9. The molecule has 3 heterocycles. The molecule has 1 aliphatic heterocycles. The summed E-state index contributed by atoms with van der Waals surface area (Å²) >= 11 is 1.44. The highest BCUT2D eigenvalue weighted by Crippen LogP contribution is 2.27. The van der Waals surface area contributed by atoms with Gasteiger partial charge in [-0.15, -0.1) is 0 Å². The maximum absolute atomic E-state index is 13.4. The number of rotatable bonds is 5. The van der Waals surface area contributed by atoms with Crippen molar-refractivity contribution in [1.29, 1.82) is 0 Å². The van der Waals surface area contributed by atoms with Crippen molar-refractivity contribution in [1.82, 2.24) is 19.7 Å². The number of amides is 1. The number of nitrogens with zero attached hydrogens (tertiary/aromatic N) is 5. The summed E-state index contributed by atoms with van der Waals surface area (Å²) in [4.78, 5) is 23.1. The van der Waals surface area contributed by atoms with Gasteiger partial charge in [0, 0.05) is 49.5 Å². The van der Waals surface area contributed by atoms with Crippen LogP contribution in [-0.4, -0.2) is 51.8 Å². The zero-order valence-electron chi connectivity index (χ0n) is 20.8. The zero-order valence-corrected chi connectivity index (χ0v) is 21.6. The minimum Gasteiger partial charge on any atom is -0.368 e. The number of carbonyl (C=O) groups excluding carboxylic acids is 1. The van der Waals surface area contributed by atoms with E-state index in [1.807, 2.05) is 29.5 Å². The lowest BCUT2D eigenvalue weighted by molar-refractivity contribution is 0.0750. The Balaban J connectivity index is 1.32. The fraction of sp³-hybridized carbons (Fsp3) is 0.321. The molecule has 2 aromatic heterocycles. The van der Waals surface area contributed by atoms with Crippen LogP contribution in [0.4, 0.5) is 5.69 Å². The molecule has 1 saturated heterocycles. The molecule has 1 aliphatic rings. The molecular weight excluding hydrogens is 454 g/mol. The van der Waals surface area contributed by atoms with Crippen LogP contribution in [0.25, 0.3) is 5.13 Å². The summed E-state index contributed by atoms with van der Waals surface area (Å²) in [7, 11) is 0. The van der Waals surface area contributed by atoms with Crippen LogP contribution in [-0.2, 0) is 6.42 Å². The van der Waals surface area contributed by atoms with Gasteiger partial charge in [-0.1, -0.05) is 59.4 Å². The third kappa shape index (κ3) is 4.73. The number of hydrogen-bond acceptors (Lipinski definition) is 5. The van der Waals surface area contributed by atoms with Gasteiger partial charge in [-0.3, -0.25) is 4.79 Å². The standard InChI is InChI=1S/C28H31N5OS/c1-19-10-12-23(13-11-19)18-25-20(2)30-33(22(25)4)28-29-21(3)26(35-28)27(34)32-16-14-31(15-17-32)24-8-6-5-7-9-24/h5-13H,14-18H2,1-4H3. The van der Waals surface area contributed by atoms with Gasteiger partial charge >= 0.3 is 0 Å². The Morgan fingerprint density at radius 3 is 2.26 bits per heavy atom. The fourth-order valence-electron chi connectivity index (χ4n) is 4.65. The Labute approximate surface area is 210 Å². The number of anilines is 1. The van der Waals surface area contributed by atoms with Gasteiger partial charge in [-0.05, 0) is 45.4 Å². The summed E-state index contributed by atoms with van der Waals surface area (Å²) in [6.07, 6.45) is 0.833. The quantitative estimate of drug-likeness (QED) is 0.394. The Morgan fingerprint density at radius 2 is 1.57 bits per heavy atom. The van der Waals surface area contributed by atoms with Crippen molar-refractivity contribution in [3.63, 3.8) is 0 Å². The van der Waals surface area contributed by atoms with Gasteiger partial charge in [-0.2, -0.15) is 5.10 Å². The van der Waals surface area contributed by atoms with Crippen molar-refractivity contribution in [2.24, 2.45) is 0 Å². The summed E-state index contributed by atoms with van der Waals surface area (Å²) < 4.78 is 1.90. The van der Waals surface area contributed by atoms with Crippen LogP contribution in [0, 0.1) is 27.7 Å². The molecule has 7 heteroatoms. The smallest absolute Gasteiger partial charge is 0.266 e. The second-order valence-electron chi connectivity index (χ2n) is 9.25. The van der Waals surface area contributed by atoms with Crippen molar-refractivity contribution in [2.45, 2.75) is 34.1 Å². The molecule has 1 fully saturated rings. The van der Waals surface area contributed by atoms with E-state index in [9.17, 15) is 4.79 Å². The average molecular weight is 486 g/mol. The summed E-state index contributed by atoms with van der Waals surface area (Å²) in [6, 6.07) is 19.0. The van der Waals surface area contributed by atoms with Crippen molar-refractivity contribution in [3.05, 3.63) is 93.2 Å². The first-order valence-corrected chi connectivity index (χ1v) is 12.9. The second kappa shape index (κ2) is 9.66. The molecule has 0 N–H and O–H groups in total. The van der Waals surface area contributed by atoms with E-state index >= 15 is 0 Å². The Hall–Kier alpha value is -3.45. The number of para-hydroxylation sites is 1. The third-order valence-electron chi connectivity index (χ3n) is 6.79. The Kier molecular flexibility index (Phi) is 6.43. The van der Waals surface area contributed by atoms with E-state index in [1.54, 1.807) is 0 Å². The minimum absolute atomic E-state index is 0.0698. The topological polar surface area (TPSA) is 54.3 Å². The number of piperazine rings is 1. The largest absolute Gasteiger partial charge is 0.368 e. The van der Waals surface area contributed by atoms with Crippen molar-refractivity contribution in [3.8, 4) is 5.13 Å². The van der Waals surface area contributed by atoms with Crippen LogP contribution in [0.5, 0.6) is 0 Å². The molecule has 0 spiro atoms. The lowest BCUT2D eigenvalue weighted by Crippen LogP contribution is -2.48. The molecule has 0 unspecified atom stereocenters. The van der Waals surface area contributed by atoms with E-state index in [2.05, 4.69) is 67.3 Å². The number of carbonyl (C=O) groups is 1. The minimum atomic E-state index is 0.0698. The Bertz CT molecular complexity index is 1330. The SMILES string of the molecule is Cc1ccc(Cc2c(C)nn(-c3nc(C)c(C(=O)N4CCN(c5ccccc5)CC4)s3)c2C)cc1. The molecule has 0 atom stereocenters. The van der Waals surface area contributed by atoms with Crippen molar-refractivity contribution in [2.75, 3.05) is 31.1 Å². The number of aryl methyl sites for hydroxylation is 3. The number of aromatic nitrogens is 3. The molecule has 0 saturated carbocycles. The molecule has 1 amide bonds. The predicted octanol–water partition coefficient (Wildman–Crippen LogP) is 5.12. The molecule has 6 nitrogen and oxygen atoms in total. The van der Waals surface area contributed by atoms with Crippen molar-refractivity contribution < 1.29 is 4.79 Å². The monoisotopic (exact) mass is 485 g/mol. The van der Waals surface area contributed by atoms with Crippen LogP contribution >= 0.6 is 11.3 Å². The van der Waals surface area contributed by atoms with E-state index < -0.39 is 0 Å². The molecule has 5 rings (SSSR count). The van der Waals surface area contributed by atoms with Gasteiger partial charge in [0.1, 0.15) is 4.88 Å². The van der Waals surface area contributed by atoms with E-state index in [4.69, 9.17) is 10.1 Å². The molecule has 0 radical (unpaired) electrons. The van der Waals surface area contributed by atoms with E-state index in [-0.39, 0.29) is 5.91 Å². The highest BCUT2D eigenvalue weighted by atomic mass is 32.1. The van der Waals surface area contributed by atoms with Gasteiger partial charge in [0.2, 0.25) is 5.13 Å². The molecular formula is C28H31N5OS. The van der Waals surface area contributed by atoms with E-state index in [1.165, 1.54) is 33.7 Å². The maximum Gasteiger partial charge on any atom is 0.266 e. The van der Waals surface area contributed by atoms with Crippen LogP contribution < -0.4 is 4.90 Å². The van der Waals surface area contributed by atoms with Crippen LogP contribution in [0.1, 0.15) is 43.4 Å². The molecule has 35 heavy (non-hydrogen) atoms. The molecule has 180 valence electrons. The van der Waals surface area contributed by atoms with Gasteiger partial charge in [0.05, 0.1) is 11.4 Å². The number of thiazole rings is 1. The molecule has 0 aliphatic carbocycles. The highest BCUT2D eigenvalue weighted by Gasteiger charge is 2.26. The highest BCUT2D eigenvalue weighted by molar-refractivity contribution is 7.16. The van der Waals surface area contributed by atoms with Crippen LogP contribution in [0.15, 0.2) is 54.6 Å². The number of benzene rings is 2. The predicted molar refractivity (Wildman–Crippen MR) is 142 cm³/mol. The summed E-state index contributed by atoms with van der Waals surface area (Å²) in [5, 5.41) is 5.55. The second-order valence-corrected chi connectivity index (χ2v) is 10.2. The van der Waals surface area contributed by atoms with Gasteiger partial charge in [0.15, 0.2) is 0 Å². The lowest BCUT2D eigenvalue weighted by atomic mass is 10.0. The summed E-state index contributed by atoms with van der Waals surface area (Å²) in [6.45, 7) is 11.2. The van der Waals surface area contributed by atoms with Gasteiger partial charge in [-0.25, -0.2) is 9.67 Å². The Morgan fingerprint density at radius 1 is 0.886 bits per heavy atom. The van der Waals surface area contributed by atoms with Crippen molar-refractivity contribution >= 4 is 22.9 Å². The lowest BCUT2D eigenvalue weighted by Gasteiger charge is -2.36. The van der Waals surface area contributed by atoms with E-state index in [0.717, 1.165) is 41.7 Å². The molecule has 2 aromatic carbocycles. The summed E-state index contributed by atoms with van der Waals surface area (Å²) in [5.41, 5.74) is 7.80. The maximum atomic E-state index is 13.4. The number of hydrogen-bond donors (Lipinski definition) is 0. The first kappa shape index (κ1) is 23.3. The fourth-order valence-corrected chi connectivity index (χ4v) is 5.69. The summed E-state index contributed by atoms with van der Waals surface area (Å²) in [5.74, 6) is 0.0698. The first-order valence-electron chi connectivity index (χ1n) is 12.1. The van der Waals surface area contributed by atoms with Crippen LogP contribution in [0.3, 0.4) is 0 Å². The zero-order chi connectivity index (χ0) is 24.5. The normalized spacial score (nSPS) is 13.9. The molecule has 0 bridgehead atoms.